The van der Waals surface area contributed by atoms with Crippen molar-refractivity contribution >= 4 is 5.91 Å². The summed E-state index contributed by atoms with van der Waals surface area (Å²) in [6.07, 6.45) is 0.356. The molecule has 0 aromatic heterocycles. The van der Waals surface area contributed by atoms with Gasteiger partial charge in [-0.15, -0.1) is 0 Å². The van der Waals surface area contributed by atoms with E-state index in [4.69, 9.17) is 9.47 Å². The van der Waals surface area contributed by atoms with Gasteiger partial charge in [-0.3, -0.25) is 4.79 Å². The van der Waals surface area contributed by atoms with E-state index in [1.165, 1.54) is 11.1 Å². The standard InChI is InChI=1S/C20H25NO3/c1-14-9-15(2)11-18(10-14)24-8-7-21-20(22)13-17-5-6-19(23-4)16(3)12-17/h5-6,9-12H,7-8,13H2,1-4H3,(H,21,22). The van der Waals surface area contributed by atoms with Gasteiger partial charge in [-0.1, -0.05) is 18.2 Å². The molecule has 0 unspecified atom stereocenters. The summed E-state index contributed by atoms with van der Waals surface area (Å²) in [6, 6.07) is 11.9. The molecule has 0 bridgehead atoms. The molecule has 0 heterocycles. The smallest absolute Gasteiger partial charge is 0.224 e. The third-order valence-corrected chi connectivity index (χ3v) is 3.71. The van der Waals surface area contributed by atoms with Gasteiger partial charge in [0.05, 0.1) is 20.1 Å². The molecule has 0 saturated carbocycles. The van der Waals surface area contributed by atoms with Gasteiger partial charge in [0, 0.05) is 0 Å². The minimum absolute atomic E-state index is 0.0106. The molecule has 2 aromatic rings. The highest BCUT2D eigenvalue weighted by molar-refractivity contribution is 5.78. The second kappa shape index (κ2) is 8.39. The highest BCUT2D eigenvalue weighted by Crippen LogP contribution is 2.18. The Morgan fingerprint density at radius 2 is 1.75 bits per heavy atom. The van der Waals surface area contributed by atoms with Crippen LogP contribution in [0.15, 0.2) is 36.4 Å². The fourth-order valence-electron chi connectivity index (χ4n) is 2.67. The normalized spacial score (nSPS) is 10.3. The summed E-state index contributed by atoms with van der Waals surface area (Å²) in [7, 11) is 1.64. The molecule has 0 saturated heterocycles. The molecule has 2 aromatic carbocycles. The predicted octanol–water partition coefficient (Wildman–Crippen LogP) is 3.36. The summed E-state index contributed by atoms with van der Waals surface area (Å²) in [5.41, 5.74) is 4.34. The molecule has 0 spiro atoms. The summed E-state index contributed by atoms with van der Waals surface area (Å²) in [5.74, 6) is 1.66. The molecule has 1 amide bonds. The molecule has 0 aliphatic heterocycles. The molecule has 24 heavy (non-hydrogen) atoms. The maximum absolute atomic E-state index is 12.0. The van der Waals surface area contributed by atoms with Crippen LogP contribution < -0.4 is 14.8 Å². The fraction of sp³-hybridized carbons (Fsp3) is 0.350. The van der Waals surface area contributed by atoms with Crippen LogP contribution >= 0.6 is 0 Å². The topological polar surface area (TPSA) is 47.6 Å². The van der Waals surface area contributed by atoms with E-state index < -0.39 is 0 Å². The average Bonchev–Trinajstić information content (AvgIpc) is 2.51. The summed E-state index contributed by atoms with van der Waals surface area (Å²) in [4.78, 5) is 12.0. The lowest BCUT2D eigenvalue weighted by molar-refractivity contribution is -0.120. The van der Waals surface area contributed by atoms with E-state index in [0.29, 0.717) is 19.6 Å². The van der Waals surface area contributed by atoms with E-state index in [9.17, 15) is 4.79 Å². The lowest BCUT2D eigenvalue weighted by atomic mass is 10.1. The second-order valence-electron chi connectivity index (χ2n) is 6.00. The Hall–Kier alpha value is -2.49. The Balaban J connectivity index is 1.76. The predicted molar refractivity (Wildman–Crippen MR) is 95.9 cm³/mol. The number of nitrogens with one attached hydrogen (secondary N) is 1. The quantitative estimate of drug-likeness (QED) is 0.793. The van der Waals surface area contributed by atoms with Gasteiger partial charge in [0.1, 0.15) is 18.1 Å². The lowest BCUT2D eigenvalue weighted by Crippen LogP contribution is -2.29. The monoisotopic (exact) mass is 327 g/mol. The Kier molecular flexibility index (Phi) is 6.24. The Morgan fingerprint density at radius 1 is 1.04 bits per heavy atom. The van der Waals surface area contributed by atoms with Gasteiger partial charge in [0.15, 0.2) is 0 Å². The molecule has 4 heteroatoms. The van der Waals surface area contributed by atoms with Gasteiger partial charge in [-0.05, 0) is 61.2 Å². The Morgan fingerprint density at radius 3 is 2.38 bits per heavy atom. The number of benzene rings is 2. The third-order valence-electron chi connectivity index (χ3n) is 3.71. The Labute approximate surface area is 143 Å². The minimum Gasteiger partial charge on any atom is -0.496 e. The first-order valence-electron chi connectivity index (χ1n) is 8.09. The van der Waals surface area contributed by atoms with Crippen molar-refractivity contribution in [1.29, 1.82) is 0 Å². The maximum atomic E-state index is 12.0. The van der Waals surface area contributed by atoms with Crippen molar-refractivity contribution in [3.05, 3.63) is 58.7 Å². The Bertz CT molecular complexity index is 690. The zero-order valence-corrected chi connectivity index (χ0v) is 14.8. The second-order valence-corrected chi connectivity index (χ2v) is 6.00. The van der Waals surface area contributed by atoms with E-state index in [-0.39, 0.29) is 5.91 Å². The molecule has 2 rings (SSSR count). The highest BCUT2D eigenvalue weighted by Gasteiger charge is 2.06. The molecule has 4 nitrogen and oxygen atoms in total. The number of hydrogen-bond acceptors (Lipinski definition) is 3. The summed E-state index contributed by atoms with van der Waals surface area (Å²) < 4.78 is 10.9. The molecule has 128 valence electrons. The van der Waals surface area contributed by atoms with E-state index in [0.717, 1.165) is 22.6 Å². The van der Waals surface area contributed by atoms with Crippen LogP contribution in [0.3, 0.4) is 0 Å². The zero-order valence-electron chi connectivity index (χ0n) is 14.8. The molecule has 0 atom stereocenters. The van der Waals surface area contributed by atoms with Crippen molar-refractivity contribution in [3.8, 4) is 11.5 Å². The molecular formula is C20H25NO3. The minimum atomic E-state index is -0.0106. The number of hydrogen-bond donors (Lipinski definition) is 1. The largest absolute Gasteiger partial charge is 0.496 e. The number of aryl methyl sites for hydroxylation is 3. The summed E-state index contributed by atoms with van der Waals surface area (Å²) in [5, 5.41) is 2.88. The number of methoxy groups -OCH3 is 1. The molecule has 0 aliphatic rings. The van der Waals surface area contributed by atoms with Gasteiger partial charge < -0.3 is 14.8 Å². The zero-order chi connectivity index (χ0) is 17.5. The van der Waals surface area contributed by atoms with Gasteiger partial charge in [0.25, 0.3) is 0 Å². The van der Waals surface area contributed by atoms with E-state index >= 15 is 0 Å². The van der Waals surface area contributed by atoms with Crippen LogP contribution in [0.1, 0.15) is 22.3 Å². The number of ether oxygens (including phenoxy) is 2. The SMILES string of the molecule is COc1ccc(CC(=O)NCCOc2cc(C)cc(C)c2)cc1C. The maximum Gasteiger partial charge on any atom is 0.224 e. The van der Waals surface area contributed by atoms with Gasteiger partial charge in [-0.25, -0.2) is 0 Å². The van der Waals surface area contributed by atoms with Crippen LogP contribution in [0.4, 0.5) is 0 Å². The van der Waals surface area contributed by atoms with Crippen molar-refractivity contribution in [2.24, 2.45) is 0 Å². The fourth-order valence-corrected chi connectivity index (χ4v) is 2.67. The molecule has 0 aliphatic carbocycles. The van der Waals surface area contributed by atoms with Crippen molar-refractivity contribution in [3.63, 3.8) is 0 Å². The lowest BCUT2D eigenvalue weighted by Gasteiger charge is -2.10. The van der Waals surface area contributed by atoms with E-state index in [2.05, 4.69) is 11.4 Å². The molecule has 0 fully saturated rings. The van der Waals surface area contributed by atoms with Crippen molar-refractivity contribution in [1.82, 2.24) is 5.32 Å². The third kappa shape index (κ3) is 5.30. The van der Waals surface area contributed by atoms with Crippen LogP contribution in [0.2, 0.25) is 0 Å². The van der Waals surface area contributed by atoms with Gasteiger partial charge in [0.2, 0.25) is 5.91 Å². The first-order chi connectivity index (χ1) is 11.5. The number of amides is 1. The van der Waals surface area contributed by atoms with Crippen LogP contribution in [-0.2, 0) is 11.2 Å². The molecule has 0 radical (unpaired) electrons. The van der Waals surface area contributed by atoms with Crippen molar-refractivity contribution in [2.45, 2.75) is 27.2 Å². The summed E-state index contributed by atoms with van der Waals surface area (Å²) in [6.45, 7) is 6.99. The summed E-state index contributed by atoms with van der Waals surface area (Å²) >= 11 is 0. The van der Waals surface area contributed by atoms with Crippen LogP contribution in [0, 0.1) is 20.8 Å². The average molecular weight is 327 g/mol. The number of rotatable bonds is 7. The first kappa shape index (κ1) is 17.9. The van der Waals surface area contributed by atoms with E-state index in [1.54, 1.807) is 7.11 Å². The van der Waals surface area contributed by atoms with Crippen molar-refractivity contribution < 1.29 is 14.3 Å². The number of carbonyl (C=O) groups is 1. The van der Waals surface area contributed by atoms with Gasteiger partial charge >= 0.3 is 0 Å². The molecule has 1 N–H and O–H groups in total. The van der Waals surface area contributed by atoms with Crippen LogP contribution in [0.25, 0.3) is 0 Å². The van der Waals surface area contributed by atoms with Crippen molar-refractivity contribution in [2.75, 3.05) is 20.3 Å². The first-order valence-corrected chi connectivity index (χ1v) is 8.09. The van der Waals surface area contributed by atoms with Crippen LogP contribution in [0.5, 0.6) is 11.5 Å². The number of carbonyl (C=O) groups excluding carboxylic acids is 1. The van der Waals surface area contributed by atoms with E-state index in [1.807, 2.05) is 51.1 Å². The van der Waals surface area contributed by atoms with Crippen LogP contribution in [-0.4, -0.2) is 26.2 Å². The molecular weight excluding hydrogens is 302 g/mol. The van der Waals surface area contributed by atoms with Gasteiger partial charge in [-0.2, -0.15) is 0 Å². The highest BCUT2D eigenvalue weighted by atomic mass is 16.5.